The summed E-state index contributed by atoms with van der Waals surface area (Å²) in [5.74, 6) is 0.850. The molecule has 4 rings (SSSR count). The Kier molecular flexibility index (Phi) is 5.99. The van der Waals surface area contributed by atoms with E-state index >= 15 is 0 Å². The third-order valence-electron chi connectivity index (χ3n) is 4.65. The molecule has 3 aromatic carbocycles. The number of fused-ring (bicyclic) bond motifs is 1. The number of carbonyl (C=O) groups excluding carboxylic acids is 1. The van der Waals surface area contributed by atoms with E-state index in [4.69, 9.17) is 14.2 Å². The molecule has 0 bridgehead atoms. The number of hydrogen-bond donors (Lipinski definition) is 1. The van der Waals surface area contributed by atoms with Gasteiger partial charge in [0.15, 0.2) is 11.5 Å². The molecule has 0 aliphatic carbocycles. The SMILES string of the molecule is CCOC(=O)c1cc2cc(OCc3ccccc3)c(OCc3ccccc3)cc2[nH]1. The Morgan fingerprint density at radius 1 is 0.800 bits per heavy atom. The minimum absolute atomic E-state index is 0.324. The highest BCUT2D eigenvalue weighted by Gasteiger charge is 2.15. The van der Waals surface area contributed by atoms with Crippen LogP contribution in [0, 0.1) is 0 Å². The van der Waals surface area contributed by atoms with Gasteiger partial charge in [-0.3, -0.25) is 0 Å². The summed E-state index contributed by atoms with van der Waals surface area (Å²) in [6, 6.07) is 25.4. The Hall–Kier alpha value is -3.73. The van der Waals surface area contributed by atoms with Crippen LogP contribution in [-0.4, -0.2) is 17.6 Å². The number of benzene rings is 3. The topological polar surface area (TPSA) is 60.6 Å². The quantitative estimate of drug-likeness (QED) is 0.396. The molecule has 0 amide bonds. The summed E-state index contributed by atoms with van der Waals surface area (Å²) in [7, 11) is 0. The molecule has 0 fully saturated rings. The molecule has 5 heteroatoms. The van der Waals surface area contributed by atoms with Crippen LogP contribution in [0.1, 0.15) is 28.5 Å². The molecule has 0 saturated heterocycles. The van der Waals surface area contributed by atoms with Gasteiger partial charge in [0.25, 0.3) is 0 Å². The second kappa shape index (κ2) is 9.18. The number of nitrogens with one attached hydrogen (secondary N) is 1. The Morgan fingerprint density at radius 3 is 1.93 bits per heavy atom. The fourth-order valence-corrected chi connectivity index (χ4v) is 3.16. The summed E-state index contributed by atoms with van der Waals surface area (Å²) >= 11 is 0. The Labute approximate surface area is 175 Å². The number of rotatable bonds is 8. The lowest BCUT2D eigenvalue weighted by atomic mass is 10.2. The van der Waals surface area contributed by atoms with Crippen LogP contribution in [0.2, 0.25) is 0 Å². The van der Waals surface area contributed by atoms with Crippen molar-refractivity contribution in [1.82, 2.24) is 4.98 Å². The predicted molar refractivity (Wildman–Crippen MR) is 116 cm³/mol. The van der Waals surface area contributed by atoms with Crippen LogP contribution in [0.25, 0.3) is 10.9 Å². The molecule has 0 unspecified atom stereocenters. The second-order valence-electron chi connectivity index (χ2n) is 6.84. The number of esters is 1. The molecule has 0 spiro atoms. The van der Waals surface area contributed by atoms with Crippen LogP contribution in [0.4, 0.5) is 0 Å². The summed E-state index contributed by atoms with van der Waals surface area (Å²) in [6.45, 7) is 2.94. The molecule has 5 nitrogen and oxygen atoms in total. The van der Waals surface area contributed by atoms with Gasteiger partial charge in [0.05, 0.1) is 12.1 Å². The maximum Gasteiger partial charge on any atom is 0.354 e. The zero-order chi connectivity index (χ0) is 20.8. The largest absolute Gasteiger partial charge is 0.485 e. The van der Waals surface area contributed by atoms with Gasteiger partial charge >= 0.3 is 5.97 Å². The molecule has 1 aromatic heterocycles. The number of aromatic amines is 1. The molecule has 0 saturated carbocycles. The average Bonchev–Trinajstić information content (AvgIpc) is 3.20. The molecule has 1 N–H and O–H groups in total. The highest BCUT2D eigenvalue weighted by atomic mass is 16.5. The standard InChI is InChI=1S/C25H23NO4/c1-2-28-25(27)22-13-20-14-23(29-16-18-9-5-3-6-10-18)24(15-21(20)26-22)30-17-19-11-7-4-8-12-19/h3-15,26H,2,16-17H2,1H3. The Bertz CT molecular complexity index is 1040. The third kappa shape index (κ3) is 4.63. The van der Waals surface area contributed by atoms with Crippen molar-refractivity contribution in [2.24, 2.45) is 0 Å². The third-order valence-corrected chi connectivity index (χ3v) is 4.65. The van der Waals surface area contributed by atoms with Crippen molar-refractivity contribution in [3.05, 3.63) is 95.7 Å². The maximum absolute atomic E-state index is 12.1. The molecule has 4 aromatic rings. The second-order valence-corrected chi connectivity index (χ2v) is 6.84. The van der Waals surface area contributed by atoms with Crippen LogP contribution in [0.15, 0.2) is 78.9 Å². The average molecular weight is 401 g/mol. The van der Waals surface area contributed by atoms with E-state index in [2.05, 4.69) is 4.98 Å². The summed E-state index contributed by atoms with van der Waals surface area (Å²) in [6.07, 6.45) is 0. The van der Waals surface area contributed by atoms with Crippen molar-refractivity contribution in [1.29, 1.82) is 0 Å². The summed E-state index contributed by atoms with van der Waals surface area (Å²) < 4.78 is 17.3. The van der Waals surface area contributed by atoms with E-state index in [1.165, 1.54) is 0 Å². The van der Waals surface area contributed by atoms with E-state index in [1.807, 2.05) is 72.8 Å². The van der Waals surface area contributed by atoms with Gasteiger partial charge in [-0.2, -0.15) is 0 Å². The first-order valence-electron chi connectivity index (χ1n) is 9.90. The van der Waals surface area contributed by atoms with Crippen molar-refractivity contribution >= 4 is 16.9 Å². The summed E-state index contributed by atoms with van der Waals surface area (Å²) in [5.41, 5.74) is 3.31. The first-order valence-corrected chi connectivity index (χ1v) is 9.90. The van der Waals surface area contributed by atoms with E-state index in [0.29, 0.717) is 37.0 Å². The van der Waals surface area contributed by atoms with Gasteiger partial charge in [0.1, 0.15) is 18.9 Å². The Morgan fingerprint density at radius 2 is 1.37 bits per heavy atom. The van der Waals surface area contributed by atoms with E-state index in [-0.39, 0.29) is 5.97 Å². The monoisotopic (exact) mass is 401 g/mol. The van der Waals surface area contributed by atoms with Crippen molar-refractivity contribution < 1.29 is 19.0 Å². The molecule has 152 valence electrons. The smallest absolute Gasteiger partial charge is 0.354 e. The van der Waals surface area contributed by atoms with E-state index < -0.39 is 0 Å². The molecule has 1 heterocycles. The fourth-order valence-electron chi connectivity index (χ4n) is 3.16. The van der Waals surface area contributed by atoms with Crippen LogP contribution in [0.5, 0.6) is 11.5 Å². The van der Waals surface area contributed by atoms with E-state index in [0.717, 1.165) is 22.0 Å². The highest BCUT2D eigenvalue weighted by molar-refractivity contribution is 5.95. The van der Waals surface area contributed by atoms with Crippen molar-refractivity contribution in [3.63, 3.8) is 0 Å². The molecule has 30 heavy (non-hydrogen) atoms. The van der Waals surface area contributed by atoms with Gasteiger partial charge in [0.2, 0.25) is 0 Å². The first-order chi connectivity index (χ1) is 14.7. The number of hydrogen-bond acceptors (Lipinski definition) is 4. The minimum Gasteiger partial charge on any atom is -0.485 e. The number of ether oxygens (including phenoxy) is 3. The van der Waals surface area contributed by atoms with Crippen LogP contribution < -0.4 is 9.47 Å². The lowest BCUT2D eigenvalue weighted by Gasteiger charge is -2.13. The fraction of sp³-hybridized carbons (Fsp3) is 0.160. The van der Waals surface area contributed by atoms with Gasteiger partial charge in [-0.1, -0.05) is 60.7 Å². The summed E-state index contributed by atoms with van der Waals surface area (Å²) in [5, 5.41) is 0.855. The molecule has 0 atom stereocenters. The maximum atomic E-state index is 12.1. The zero-order valence-corrected chi connectivity index (χ0v) is 16.8. The van der Waals surface area contributed by atoms with Crippen molar-refractivity contribution in [2.75, 3.05) is 6.61 Å². The number of carbonyl (C=O) groups is 1. The van der Waals surface area contributed by atoms with Crippen molar-refractivity contribution in [2.45, 2.75) is 20.1 Å². The van der Waals surface area contributed by atoms with Crippen LogP contribution in [-0.2, 0) is 18.0 Å². The highest BCUT2D eigenvalue weighted by Crippen LogP contribution is 2.34. The van der Waals surface area contributed by atoms with Gasteiger partial charge in [-0.25, -0.2) is 4.79 Å². The van der Waals surface area contributed by atoms with E-state index in [9.17, 15) is 4.79 Å². The predicted octanol–water partition coefficient (Wildman–Crippen LogP) is 5.50. The molecular formula is C25H23NO4. The van der Waals surface area contributed by atoms with Gasteiger partial charge in [-0.05, 0) is 30.2 Å². The lowest BCUT2D eigenvalue weighted by molar-refractivity contribution is 0.0520. The molecule has 0 aliphatic heterocycles. The lowest BCUT2D eigenvalue weighted by Crippen LogP contribution is -2.04. The molecule has 0 aliphatic rings. The normalized spacial score (nSPS) is 10.7. The molecule has 0 radical (unpaired) electrons. The van der Waals surface area contributed by atoms with E-state index in [1.54, 1.807) is 13.0 Å². The number of aromatic nitrogens is 1. The van der Waals surface area contributed by atoms with Gasteiger partial charge in [-0.15, -0.1) is 0 Å². The van der Waals surface area contributed by atoms with Crippen LogP contribution in [0.3, 0.4) is 0 Å². The molecular weight excluding hydrogens is 378 g/mol. The Balaban J connectivity index is 1.62. The van der Waals surface area contributed by atoms with Crippen molar-refractivity contribution in [3.8, 4) is 11.5 Å². The zero-order valence-electron chi connectivity index (χ0n) is 16.8. The van der Waals surface area contributed by atoms with Gasteiger partial charge in [0, 0.05) is 11.5 Å². The minimum atomic E-state index is -0.382. The van der Waals surface area contributed by atoms with Gasteiger partial charge < -0.3 is 19.2 Å². The summed E-state index contributed by atoms with van der Waals surface area (Å²) in [4.78, 5) is 15.2. The van der Waals surface area contributed by atoms with Crippen LogP contribution >= 0.6 is 0 Å². The number of H-pyrrole nitrogens is 1. The first kappa shape index (κ1) is 19.6.